The van der Waals surface area contributed by atoms with E-state index >= 15 is 0 Å². The van der Waals surface area contributed by atoms with Gasteiger partial charge in [-0.2, -0.15) is 0 Å². The molecule has 0 saturated heterocycles. The van der Waals surface area contributed by atoms with Crippen LogP contribution >= 0.6 is 0 Å². The van der Waals surface area contributed by atoms with Gasteiger partial charge in [0.15, 0.2) is 0 Å². The standard InChI is InChI=1S/C13H20N2O2/c1-9(2)4-7-13(16)15-11-6-5-10(14)8-12(11)17-3/h5-6,8-9H,4,7,14H2,1-3H3,(H,15,16). The Morgan fingerprint density at radius 1 is 1.47 bits per heavy atom. The van der Waals surface area contributed by atoms with Gasteiger partial charge in [-0.3, -0.25) is 4.79 Å². The molecule has 0 saturated carbocycles. The number of methoxy groups -OCH3 is 1. The van der Waals surface area contributed by atoms with Crippen LogP contribution in [0.1, 0.15) is 26.7 Å². The third-order valence-corrected chi connectivity index (χ3v) is 2.45. The molecule has 1 amide bonds. The smallest absolute Gasteiger partial charge is 0.224 e. The fourth-order valence-electron chi connectivity index (χ4n) is 1.44. The van der Waals surface area contributed by atoms with Gasteiger partial charge in [0.1, 0.15) is 5.75 Å². The second-order valence-electron chi connectivity index (χ2n) is 4.44. The molecule has 0 bridgehead atoms. The van der Waals surface area contributed by atoms with Gasteiger partial charge in [-0.15, -0.1) is 0 Å². The SMILES string of the molecule is COc1cc(N)ccc1NC(=O)CCC(C)C. The number of ether oxygens (including phenoxy) is 1. The molecule has 0 atom stereocenters. The van der Waals surface area contributed by atoms with Crippen molar-refractivity contribution in [2.75, 3.05) is 18.2 Å². The fraction of sp³-hybridized carbons (Fsp3) is 0.462. The molecule has 0 spiro atoms. The number of benzene rings is 1. The minimum absolute atomic E-state index is 0.00164. The Morgan fingerprint density at radius 3 is 2.76 bits per heavy atom. The Labute approximate surface area is 102 Å². The van der Waals surface area contributed by atoms with E-state index in [1.807, 2.05) is 0 Å². The van der Waals surface area contributed by atoms with E-state index in [2.05, 4.69) is 19.2 Å². The number of nitrogens with one attached hydrogen (secondary N) is 1. The molecule has 3 N–H and O–H groups in total. The highest BCUT2D eigenvalue weighted by Crippen LogP contribution is 2.26. The first-order chi connectivity index (χ1) is 8.02. The quantitative estimate of drug-likeness (QED) is 0.772. The van der Waals surface area contributed by atoms with Crippen molar-refractivity contribution < 1.29 is 9.53 Å². The molecule has 0 heterocycles. The normalized spacial score (nSPS) is 10.4. The summed E-state index contributed by atoms with van der Waals surface area (Å²) in [4.78, 5) is 11.7. The van der Waals surface area contributed by atoms with Crippen molar-refractivity contribution in [3.05, 3.63) is 18.2 Å². The third-order valence-electron chi connectivity index (χ3n) is 2.45. The van der Waals surface area contributed by atoms with Crippen LogP contribution in [-0.4, -0.2) is 13.0 Å². The van der Waals surface area contributed by atoms with Crippen LogP contribution < -0.4 is 15.8 Å². The highest BCUT2D eigenvalue weighted by molar-refractivity contribution is 5.92. The van der Waals surface area contributed by atoms with Gasteiger partial charge in [-0.05, 0) is 24.5 Å². The highest BCUT2D eigenvalue weighted by atomic mass is 16.5. The minimum Gasteiger partial charge on any atom is -0.494 e. The lowest BCUT2D eigenvalue weighted by atomic mass is 10.1. The molecule has 4 heteroatoms. The Morgan fingerprint density at radius 2 is 2.18 bits per heavy atom. The van der Waals surface area contributed by atoms with E-state index in [0.717, 1.165) is 6.42 Å². The second kappa shape index (κ2) is 6.13. The van der Waals surface area contributed by atoms with Crippen LogP contribution in [0.2, 0.25) is 0 Å². The largest absolute Gasteiger partial charge is 0.494 e. The maximum Gasteiger partial charge on any atom is 0.224 e. The van der Waals surface area contributed by atoms with Gasteiger partial charge in [0.2, 0.25) is 5.91 Å². The molecule has 0 radical (unpaired) electrons. The van der Waals surface area contributed by atoms with Gasteiger partial charge in [0.05, 0.1) is 12.8 Å². The monoisotopic (exact) mass is 236 g/mol. The number of amides is 1. The summed E-state index contributed by atoms with van der Waals surface area (Å²) < 4.78 is 5.16. The molecule has 0 aliphatic carbocycles. The minimum atomic E-state index is 0.00164. The molecule has 0 unspecified atom stereocenters. The summed E-state index contributed by atoms with van der Waals surface area (Å²) in [5.74, 6) is 1.11. The van der Waals surface area contributed by atoms with Crippen LogP contribution in [0.15, 0.2) is 18.2 Å². The number of hydrogen-bond acceptors (Lipinski definition) is 3. The molecule has 0 fully saturated rings. The topological polar surface area (TPSA) is 64.3 Å². The number of nitrogen functional groups attached to an aromatic ring is 1. The van der Waals surface area contributed by atoms with Crippen molar-refractivity contribution in [1.29, 1.82) is 0 Å². The van der Waals surface area contributed by atoms with Crippen LogP contribution in [0.25, 0.3) is 0 Å². The first-order valence-corrected chi connectivity index (χ1v) is 5.76. The zero-order valence-electron chi connectivity index (χ0n) is 10.6. The van der Waals surface area contributed by atoms with Crippen LogP contribution in [0.4, 0.5) is 11.4 Å². The fourth-order valence-corrected chi connectivity index (χ4v) is 1.44. The molecule has 0 aliphatic heterocycles. The number of carbonyl (C=O) groups is 1. The molecule has 1 rings (SSSR count). The first kappa shape index (κ1) is 13.4. The number of rotatable bonds is 5. The van der Waals surface area contributed by atoms with Crippen molar-refractivity contribution in [2.45, 2.75) is 26.7 Å². The number of anilines is 2. The molecular formula is C13H20N2O2. The maximum atomic E-state index is 11.7. The number of carbonyl (C=O) groups excluding carboxylic acids is 1. The van der Waals surface area contributed by atoms with Gasteiger partial charge in [0, 0.05) is 18.2 Å². The van der Waals surface area contributed by atoms with Crippen molar-refractivity contribution in [3.8, 4) is 5.75 Å². The van der Waals surface area contributed by atoms with Crippen LogP contribution in [0.3, 0.4) is 0 Å². The molecular weight excluding hydrogens is 216 g/mol. The van der Waals surface area contributed by atoms with Crippen molar-refractivity contribution in [2.24, 2.45) is 5.92 Å². The molecule has 0 aromatic heterocycles. The lowest BCUT2D eigenvalue weighted by molar-refractivity contribution is -0.116. The van der Waals surface area contributed by atoms with E-state index < -0.39 is 0 Å². The van der Waals surface area contributed by atoms with Gasteiger partial charge < -0.3 is 15.8 Å². The van der Waals surface area contributed by atoms with Crippen LogP contribution in [-0.2, 0) is 4.79 Å². The van der Waals surface area contributed by atoms with Crippen LogP contribution in [0, 0.1) is 5.92 Å². The Kier molecular flexibility index (Phi) is 4.82. The van der Waals surface area contributed by atoms with Gasteiger partial charge >= 0.3 is 0 Å². The third kappa shape index (κ3) is 4.34. The first-order valence-electron chi connectivity index (χ1n) is 5.76. The van der Waals surface area contributed by atoms with E-state index in [9.17, 15) is 4.79 Å². The predicted octanol–water partition coefficient (Wildman–Crippen LogP) is 2.65. The van der Waals surface area contributed by atoms with Crippen LogP contribution in [0.5, 0.6) is 5.75 Å². The van der Waals surface area contributed by atoms with Crippen molar-refractivity contribution >= 4 is 17.3 Å². The number of hydrogen-bond donors (Lipinski definition) is 2. The average Bonchev–Trinajstić information content (AvgIpc) is 2.28. The summed E-state index contributed by atoms with van der Waals surface area (Å²) in [5.41, 5.74) is 6.92. The van der Waals surface area contributed by atoms with E-state index in [1.165, 1.54) is 0 Å². The van der Waals surface area contributed by atoms with E-state index in [1.54, 1.807) is 25.3 Å². The molecule has 0 aliphatic rings. The lowest BCUT2D eigenvalue weighted by Gasteiger charge is -2.11. The highest BCUT2D eigenvalue weighted by Gasteiger charge is 2.08. The lowest BCUT2D eigenvalue weighted by Crippen LogP contribution is -2.13. The molecule has 17 heavy (non-hydrogen) atoms. The van der Waals surface area contributed by atoms with Gasteiger partial charge in [-0.25, -0.2) is 0 Å². The summed E-state index contributed by atoms with van der Waals surface area (Å²) in [7, 11) is 1.55. The maximum absolute atomic E-state index is 11.7. The Bertz CT molecular complexity index is 389. The average molecular weight is 236 g/mol. The Balaban J connectivity index is 2.64. The molecule has 1 aromatic rings. The Hall–Kier alpha value is -1.71. The van der Waals surface area contributed by atoms with Gasteiger partial charge in [0.25, 0.3) is 0 Å². The van der Waals surface area contributed by atoms with E-state index in [0.29, 0.717) is 29.5 Å². The second-order valence-corrected chi connectivity index (χ2v) is 4.44. The molecule has 4 nitrogen and oxygen atoms in total. The summed E-state index contributed by atoms with van der Waals surface area (Å²) >= 11 is 0. The van der Waals surface area contributed by atoms with E-state index in [4.69, 9.17) is 10.5 Å². The summed E-state index contributed by atoms with van der Waals surface area (Å²) in [6, 6.07) is 5.18. The molecule has 94 valence electrons. The summed E-state index contributed by atoms with van der Waals surface area (Å²) in [5, 5.41) is 2.82. The number of nitrogens with two attached hydrogens (primary N) is 1. The summed E-state index contributed by atoms with van der Waals surface area (Å²) in [6.07, 6.45) is 1.40. The van der Waals surface area contributed by atoms with Gasteiger partial charge in [-0.1, -0.05) is 13.8 Å². The zero-order valence-corrected chi connectivity index (χ0v) is 10.6. The predicted molar refractivity (Wildman–Crippen MR) is 70.1 cm³/mol. The van der Waals surface area contributed by atoms with E-state index in [-0.39, 0.29) is 5.91 Å². The van der Waals surface area contributed by atoms with Crippen molar-refractivity contribution in [3.63, 3.8) is 0 Å². The van der Waals surface area contributed by atoms with Crippen molar-refractivity contribution in [1.82, 2.24) is 0 Å². The summed E-state index contributed by atoms with van der Waals surface area (Å²) in [6.45, 7) is 4.19. The molecule has 1 aromatic carbocycles. The zero-order chi connectivity index (χ0) is 12.8.